The van der Waals surface area contributed by atoms with Crippen molar-refractivity contribution in [2.75, 3.05) is 34.4 Å². The van der Waals surface area contributed by atoms with Gasteiger partial charge >= 0.3 is 0 Å². The summed E-state index contributed by atoms with van der Waals surface area (Å²) < 4.78 is 18.3. The number of imidazole rings is 4. The van der Waals surface area contributed by atoms with Crippen molar-refractivity contribution in [3.8, 4) is 68.7 Å². The van der Waals surface area contributed by atoms with Crippen LogP contribution in [0.15, 0.2) is 181 Å². The molecule has 117 heavy (non-hydrogen) atoms. The van der Waals surface area contributed by atoms with Crippen molar-refractivity contribution in [2.24, 2.45) is 28.2 Å². The summed E-state index contributed by atoms with van der Waals surface area (Å²) in [5.74, 6) is 3.39. The van der Waals surface area contributed by atoms with Gasteiger partial charge in [0.15, 0.2) is 17.4 Å². The van der Waals surface area contributed by atoms with Crippen LogP contribution in [0.3, 0.4) is 0 Å². The third kappa shape index (κ3) is 18.0. The smallest absolute Gasteiger partial charge is 0.274 e. The number of amides is 2. The van der Waals surface area contributed by atoms with Crippen LogP contribution in [0.1, 0.15) is 61.9 Å². The molecule has 36 heteroatoms. The molecule has 0 aliphatic rings. The predicted molar refractivity (Wildman–Crippen MR) is 440 cm³/mol. The highest BCUT2D eigenvalue weighted by Gasteiger charge is 2.20. The number of H-pyrrole nitrogens is 4. The van der Waals surface area contributed by atoms with Gasteiger partial charge in [-0.3, -0.25) is 19.2 Å². The van der Waals surface area contributed by atoms with Crippen LogP contribution in [0.5, 0.6) is 0 Å². The number of aryl methyl sites for hydroxylation is 10. The van der Waals surface area contributed by atoms with Crippen molar-refractivity contribution in [1.29, 1.82) is 0 Å². The summed E-state index contributed by atoms with van der Waals surface area (Å²) in [4.78, 5) is 116. The lowest BCUT2D eigenvalue weighted by molar-refractivity contribution is -0.118. The van der Waals surface area contributed by atoms with Crippen LogP contribution in [0.4, 0.5) is 46.5 Å². The predicted octanol–water partition coefficient (Wildman–Crippen LogP) is 12.6. The molecule has 0 saturated carbocycles. The quantitative estimate of drug-likeness (QED) is 0.0236. The summed E-state index contributed by atoms with van der Waals surface area (Å²) in [6, 6.07) is 30.7. The molecule has 0 fully saturated rings. The molecule has 2 amide bonds. The van der Waals surface area contributed by atoms with Gasteiger partial charge in [-0.05, 0) is 154 Å². The van der Waals surface area contributed by atoms with Gasteiger partial charge in [0.25, 0.3) is 11.8 Å². The second kappa shape index (κ2) is 33.1. The number of rotatable bonds is 21. The first-order valence-corrected chi connectivity index (χ1v) is 36.5. The Morgan fingerprint density at radius 1 is 0.410 bits per heavy atom. The zero-order valence-corrected chi connectivity index (χ0v) is 65.1. The van der Waals surface area contributed by atoms with E-state index < -0.39 is 0 Å². The molecule has 14 aromatic heterocycles. The molecule has 10 N–H and O–H groups in total. The van der Waals surface area contributed by atoms with E-state index in [1.54, 1.807) is 88.2 Å². The molecule has 0 atom stereocenters. The van der Waals surface area contributed by atoms with Crippen molar-refractivity contribution >= 4 is 114 Å². The van der Waals surface area contributed by atoms with E-state index in [4.69, 9.17) is 8.94 Å². The third-order valence-corrected chi connectivity index (χ3v) is 18.2. The molecule has 0 radical (unpaired) electrons. The molecular weight excluding hydrogens is 1490 g/mol. The fraction of sp³-hybridized carbons (Fsp3) is 0.160. The highest BCUT2D eigenvalue weighted by Crippen LogP contribution is 2.34. The Kier molecular flexibility index (Phi) is 21.6. The van der Waals surface area contributed by atoms with E-state index in [0.29, 0.717) is 65.1 Å². The third-order valence-electron chi connectivity index (χ3n) is 18.2. The van der Waals surface area contributed by atoms with E-state index in [1.165, 1.54) is 6.92 Å². The molecule has 586 valence electrons. The molecule has 0 aliphatic heterocycles. The van der Waals surface area contributed by atoms with E-state index in [1.807, 2.05) is 172 Å². The lowest BCUT2D eigenvalue weighted by atomic mass is 10.1. The fourth-order valence-corrected chi connectivity index (χ4v) is 12.8. The van der Waals surface area contributed by atoms with E-state index >= 15 is 0 Å². The molecule has 18 rings (SSSR count). The lowest BCUT2D eigenvalue weighted by Gasteiger charge is -2.07. The number of nitrogens with zero attached hydrogens (tertiary/aromatic N) is 20. The van der Waals surface area contributed by atoms with E-state index in [0.717, 1.165) is 146 Å². The molecule has 4 aromatic carbocycles. The highest BCUT2D eigenvalue weighted by molar-refractivity contribution is 6.04. The second-order valence-corrected chi connectivity index (χ2v) is 27.5. The minimum atomic E-state index is -0.241. The standard InChI is InChI=1S/C21H21N7O2.2C20H18N8O.C20H19N7O2/c1-12-6-15(7-14-8-17(26-20(12)14)19(30)9-23-13(2)29)25-21-22-5-4-16(27-21)18-10-28(3)11-24-18;1-11-6-14(7-13-8-16(24-18(11)13)19-27-26-12(2)29-19)23-20-21-5-4-15(25-20)17-9-28(3)10-22-17;1-11-6-14(7-13-8-16(25-18(11)13)19-23-12(2)27-29-19)24-20-21-5-4-15(26-20)17-9-28(3)10-22-17;1-12-5-14(6-13-7-16(25-19(12)13)18(29)8-21-11-28)24-20-22-4-3-15(26-20)17-9-27(2)10-23-17/h4-8,10-11,26H,9H2,1-3H3,(H,23,29)(H,22,25,27);4-10,24H,1-3H3,(H,21,23,25);4-10,25H,1-3H3,(H,21,24,26);3-7,9-11,25H,8H2,1-2H3,(H,21,28)(H,22,24,26). The number of aromatic nitrogens is 24. The van der Waals surface area contributed by atoms with Gasteiger partial charge in [0.05, 0.1) is 72.6 Å². The average molecular weight is 1570 g/mol. The summed E-state index contributed by atoms with van der Waals surface area (Å²) in [6.45, 7) is 12.8. The monoisotopic (exact) mass is 1560 g/mol. The minimum absolute atomic E-state index is 0.0412. The summed E-state index contributed by atoms with van der Waals surface area (Å²) >= 11 is 0. The maximum Gasteiger partial charge on any atom is 0.274 e. The zero-order chi connectivity index (χ0) is 81.5. The SMILES string of the molecule is CC(=O)NCC(=O)c1cc2cc(Nc3nccc(-c4cn(C)cn4)n3)cc(C)c2[nH]1.Cc1cc(Nc2nccc(-c3cn(C)cn3)n2)cc2cc(C(=O)CNC=O)[nH]c12.Cc1nnc(-c2cc3cc(Nc4nccc(-c5cn(C)cn5)n4)cc(C)c3[nH]2)o1.Cc1noc(-c2cc3cc(Nc4nccc(-c5cn(C)cn5)n4)cc(C)c3[nH]2)n1. The Labute approximate surface area is 665 Å². The normalized spacial score (nSPS) is 11.1. The largest absolute Gasteiger partial charge is 0.420 e. The van der Waals surface area contributed by atoms with Crippen molar-refractivity contribution in [1.82, 2.24) is 129 Å². The van der Waals surface area contributed by atoms with Crippen LogP contribution in [0.25, 0.3) is 112 Å². The van der Waals surface area contributed by atoms with Crippen molar-refractivity contribution in [2.45, 2.75) is 48.5 Å². The molecule has 18 aromatic rings. The van der Waals surface area contributed by atoms with Crippen LogP contribution >= 0.6 is 0 Å². The fourth-order valence-electron chi connectivity index (χ4n) is 12.8. The van der Waals surface area contributed by atoms with E-state index in [2.05, 4.69) is 132 Å². The Morgan fingerprint density at radius 2 is 0.761 bits per heavy atom. The second-order valence-electron chi connectivity index (χ2n) is 27.5. The Morgan fingerprint density at radius 3 is 1.08 bits per heavy atom. The van der Waals surface area contributed by atoms with Gasteiger partial charge in [-0.2, -0.15) is 4.98 Å². The number of nitrogens with one attached hydrogen (secondary N) is 10. The topological polar surface area (TPSA) is 456 Å². The molecule has 0 spiro atoms. The number of hydrogen-bond donors (Lipinski definition) is 10. The average Bonchev–Trinajstić information content (AvgIpc) is 1.00. The summed E-state index contributed by atoms with van der Waals surface area (Å²) in [6.07, 6.45) is 21.9. The van der Waals surface area contributed by atoms with Gasteiger partial charge < -0.3 is 79.0 Å². The van der Waals surface area contributed by atoms with Crippen LogP contribution in [0.2, 0.25) is 0 Å². The number of carbonyl (C=O) groups excluding carboxylic acids is 4. The first kappa shape index (κ1) is 76.3. The number of fused-ring (bicyclic) bond motifs is 4. The first-order valence-electron chi connectivity index (χ1n) is 36.5. The van der Waals surface area contributed by atoms with Crippen LogP contribution in [-0.2, 0) is 37.8 Å². The Bertz CT molecular complexity index is 6510. The molecular formula is C81H76N30O6. The van der Waals surface area contributed by atoms with Gasteiger partial charge in [-0.15, -0.1) is 10.2 Å². The maximum absolute atomic E-state index is 12.3. The van der Waals surface area contributed by atoms with Crippen molar-refractivity contribution in [3.63, 3.8) is 0 Å². The Balaban J connectivity index is 0.000000122. The van der Waals surface area contributed by atoms with Crippen molar-refractivity contribution < 1.29 is 28.1 Å². The number of ketones is 2. The number of aromatic amines is 4. The first-order chi connectivity index (χ1) is 56.5. The molecule has 0 saturated heterocycles. The van der Waals surface area contributed by atoms with Crippen LogP contribution in [0, 0.1) is 41.5 Å². The van der Waals surface area contributed by atoms with E-state index in [9.17, 15) is 19.2 Å². The number of Topliss-reactive ketones (excluding diaryl/α,β-unsaturated/α-hetero) is 2. The van der Waals surface area contributed by atoms with Crippen molar-refractivity contribution in [3.05, 3.63) is 217 Å². The minimum Gasteiger partial charge on any atom is -0.420 e. The number of hydrogen-bond acceptors (Lipinski definition) is 26. The number of carbonyl (C=O) groups is 4. The maximum atomic E-state index is 12.3. The van der Waals surface area contributed by atoms with Crippen LogP contribution in [-0.4, -0.2) is 155 Å². The molecule has 0 unspecified atom stereocenters. The highest BCUT2D eigenvalue weighted by atomic mass is 16.5. The van der Waals surface area contributed by atoms with Gasteiger partial charge in [0.1, 0.15) is 34.2 Å². The van der Waals surface area contributed by atoms with Gasteiger partial charge in [-0.1, -0.05) is 5.16 Å². The van der Waals surface area contributed by atoms with Gasteiger partial charge in [0, 0.05) is 158 Å². The van der Waals surface area contributed by atoms with Gasteiger partial charge in [0.2, 0.25) is 42.0 Å². The molecule has 14 heterocycles. The van der Waals surface area contributed by atoms with Crippen LogP contribution < -0.4 is 31.9 Å². The zero-order valence-electron chi connectivity index (χ0n) is 65.1. The lowest BCUT2D eigenvalue weighted by Crippen LogP contribution is -2.27. The molecule has 0 aliphatic carbocycles. The number of benzene rings is 4. The summed E-state index contributed by atoms with van der Waals surface area (Å²) in [7, 11) is 7.66. The molecule has 0 bridgehead atoms. The van der Waals surface area contributed by atoms with E-state index in [-0.39, 0.29) is 30.6 Å². The summed E-state index contributed by atoms with van der Waals surface area (Å²) in [5.41, 5.74) is 19.8. The Hall–Kier alpha value is -16.0. The summed E-state index contributed by atoms with van der Waals surface area (Å²) in [5, 5.41) is 33.5. The van der Waals surface area contributed by atoms with Gasteiger partial charge in [-0.25, -0.2) is 59.8 Å². The number of anilines is 8. The molecule has 36 nitrogen and oxygen atoms in total.